The molecule has 0 aliphatic heterocycles. The first-order valence-corrected chi connectivity index (χ1v) is 8.93. The van der Waals surface area contributed by atoms with Gasteiger partial charge in [0.15, 0.2) is 5.58 Å². The van der Waals surface area contributed by atoms with Crippen LogP contribution in [0.15, 0.2) is 53.1 Å². The highest BCUT2D eigenvalue weighted by atomic mass is 16.6. The zero-order valence-corrected chi connectivity index (χ0v) is 16.4. The molecule has 3 rings (SSSR count). The van der Waals surface area contributed by atoms with Gasteiger partial charge in [-0.2, -0.15) is 0 Å². The fourth-order valence-electron chi connectivity index (χ4n) is 2.66. The summed E-state index contributed by atoms with van der Waals surface area (Å²) in [6.45, 7) is 5.40. The number of ether oxygens (including phenoxy) is 1. The van der Waals surface area contributed by atoms with Gasteiger partial charge in [-0.05, 0) is 57.2 Å². The molecule has 0 fully saturated rings. The lowest BCUT2D eigenvalue weighted by Gasteiger charge is -2.20. The van der Waals surface area contributed by atoms with Crippen LogP contribution in [0.4, 0.5) is 16.2 Å². The molecule has 2 amide bonds. The summed E-state index contributed by atoms with van der Waals surface area (Å²) in [6.07, 6.45) is -0.395. The van der Waals surface area contributed by atoms with Crippen LogP contribution >= 0.6 is 0 Å². The molecule has 0 saturated heterocycles. The van der Waals surface area contributed by atoms with Gasteiger partial charge in [-0.15, -0.1) is 0 Å². The van der Waals surface area contributed by atoms with Crippen molar-refractivity contribution in [2.24, 2.45) is 0 Å². The number of hydrogen-bond acceptors (Lipinski definition) is 5. The quantitative estimate of drug-likeness (QED) is 0.725. The maximum absolute atomic E-state index is 12.6. The zero-order chi connectivity index (χ0) is 20.3. The number of rotatable bonds is 4. The fraction of sp³-hybridized carbons (Fsp3) is 0.286. The molecule has 1 aromatic heterocycles. The molecular formula is C21H23N3O4. The van der Waals surface area contributed by atoms with Crippen LogP contribution in [-0.4, -0.2) is 29.8 Å². The Morgan fingerprint density at radius 2 is 1.79 bits per heavy atom. The summed E-state index contributed by atoms with van der Waals surface area (Å²) in [5.74, 6) is -0.119. The van der Waals surface area contributed by atoms with Crippen LogP contribution in [0.5, 0.6) is 0 Å². The first-order chi connectivity index (χ1) is 13.2. The van der Waals surface area contributed by atoms with Gasteiger partial charge < -0.3 is 14.2 Å². The van der Waals surface area contributed by atoms with Gasteiger partial charge in [-0.1, -0.05) is 17.3 Å². The molecule has 0 radical (unpaired) electrons. The number of hydrogen-bond donors (Lipinski definition) is 1. The summed E-state index contributed by atoms with van der Waals surface area (Å²) in [5.41, 5.74) is 1.98. The highest BCUT2D eigenvalue weighted by Gasteiger charge is 2.18. The van der Waals surface area contributed by atoms with E-state index in [0.29, 0.717) is 22.7 Å². The minimum Gasteiger partial charge on any atom is -0.444 e. The Morgan fingerprint density at radius 1 is 1.11 bits per heavy atom. The lowest BCUT2D eigenvalue weighted by Crippen LogP contribution is -2.28. The van der Waals surface area contributed by atoms with Crippen LogP contribution in [0.25, 0.3) is 11.0 Å². The highest BCUT2D eigenvalue weighted by molar-refractivity contribution is 5.96. The zero-order valence-electron chi connectivity index (χ0n) is 16.4. The van der Waals surface area contributed by atoms with E-state index in [1.165, 1.54) is 0 Å². The SMILES string of the molecule is CN(C(=O)Cc1noc2ccccc12)c1ccc(NC(=O)OC(C)(C)C)cc1. The third-order valence-corrected chi connectivity index (χ3v) is 4.04. The summed E-state index contributed by atoms with van der Waals surface area (Å²) in [7, 11) is 1.70. The third-order valence-electron chi connectivity index (χ3n) is 4.04. The molecule has 146 valence electrons. The molecule has 0 spiro atoms. The average Bonchev–Trinajstić information content (AvgIpc) is 3.03. The minimum absolute atomic E-state index is 0.119. The molecule has 7 nitrogen and oxygen atoms in total. The first kappa shape index (κ1) is 19.4. The van der Waals surface area contributed by atoms with Crippen LogP contribution in [0.1, 0.15) is 26.5 Å². The predicted molar refractivity (Wildman–Crippen MR) is 107 cm³/mol. The van der Waals surface area contributed by atoms with E-state index in [-0.39, 0.29) is 12.3 Å². The molecule has 0 aliphatic rings. The smallest absolute Gasteiger partial charge is 0.412 e. The van der Waals surface area contributed by atoms with Gasteiger partial charge in [0.2, 0.25) is 5.91 Å². The number of nitrogens with one attached hydrogen (secondary N) is 1. The number of benzene rings is 2. The van der Waals surface area contributed by atoms with Gasteiger partial charge in [0, 0.05) is 23.8 Å². The van der Waals surface area contributed by atoms with Crippen LogP contribution in [0, 0.1) is 0 Å². The number of nitrogens with zero attached hydrogens (tertiary/aromatic N) is 2. The molecule has 0 unspecified atom stereocenters. The molecule has 0 saturated carbocycles. The molecule has 2 aromatic carbocycles. The molecule has 1 heterocycles. The van der Waals surface area contributed by atoms with Crippen LogP contribution < -0.4 is 10.2 Å². The number of aromatic nitrogens is 1. The van der Waals surface area contributed by atoms with E-state index in [1.54, 1.807) is 57.0 Å². The standard InChI is InChI=1S/C21H23N3O4/c1-21(2,3)27-20(26)22-14-9-11-15(12-10-14)24(4)19(25)13-17-16-7-5-6-8-18(16)28-23-17/h5-12H,13H2,1-4H3,(H,22,26). The number of fused-ring (bicyclic) bond motifs is 1. The monoisotopic (exact) mass is 381 g/mol. The molecule has 1 N–H and O–H groups in total. The molecule has 0 atom stereocenters. The van der Waals surface area contributed by atoms with Gasteiger partial charge in [-0.25, -0.2) is 4.79 Å². The van der Waals surface area contributed by atoms with Crippen LogP contribution in [0.2, 0.25) is 0 Å². The summed E-state index contributed by atoms with van der Waals surface area (Å²) < 4.78 is 10.5. The first-order valence-electron chi connectivity index (χ1n) is 8.93. The van der Waals surface area contributed by atoms with Gasteiger partial charge in [0.05, 0.1) is 6.42 Å². The van der Waals surface area contributed by atoms with Gasteiger partial charge in [-0.3, -0.25) is 10.1 Å². The number of anilines is 2. The number of amides is 2. The Labute approximate surface area is 163 Å². The van der Waals surface area contributed by atoms with Crippen LogP contribution in [0.3, 0.4) is 0 Å². The Morgan fingerprint density at radius 3 is 2.46 bits per heavy atom. The van der Waals surface area contributed by atoms with Crippen molar-refractivity contribution in [3.8, 4) is 0 Å². The summed E-state index contributed by atoms with van der Waals surface area (Å²) in [6, 6.07) is 14.4. The van der Waals surface area contributed by atoms with E-state index in [1.807, 2.05) is 24.3 Å². The van der Waals surface area contributed by atoms with E-state index in [2.05, 4.69) is 10.5 Å². The van der Waals surface area contributed by atoms with Crippen molar-refractivity contribution in [3.63, 3.8) is 0 Å². The summed E-state index contributed by atoms with van der Waals surface area (Å²) in [4.78, 5) is 26.0. The van der Waals surface area contributed by atoms with Crippen molar-refractivity contribution in [2.75, 3.05) is 17.3 Å². The van der Waals surface area contributed by atoms with Crippen LogP contribution in [-0.2, 0) is 16.0 Å². The Balaban J connectivity index is 1.64. The maximum Gasteiger partial charge on any atom is 0.412 e. The van der Waals surface area contributed by atoms with Crippen molar-refractivity contribution in [3.05, 3.63) is 54.2 Å². The van der Waals surface area contributed by atoms with E-state index in [4.69, 9.17) is 9.26 Å². The molecule has 0 bridgehead atoms. The van der Waals surface area contributed by atoms with Crippen molar-refractivity contribution in [1.29, 1.82) is 0 Å². The van der Waals surface area contributed by atoms with Crippen molar-refractivity contribution < 1.29 is 18.8 Å². The van der Waals surface area contributed by atoms with Gasteiger partial charge >= 0.3 is 6.09 Å². The van der Waals surface area contributed by atoms with Gasteiger partial charge in [0.1, 0.15) is 11.3 Å². The van der Waals surface area contributed by atoms with Gasteiger partial charge in [0.25, 0.3) is 0 Å². The second-order valence-electron chi connectivity index (χ2n) is 7.43. The predicted octanol–water partition coefficient (Wildman–Crippen LogP) is 4.38. The van der Waals surface area contributed by atoms with Crippen molar-refractivity contribution in [1.82, 2.24) is 5.16 Å². The van der Waals surface area contributed by atoms with Crippen molar-refractivity contribution in [2.45, 2.75) is 32.8 Å². The highest BCUT2D eigenvalue weighted by Crippen LogP contribution is 2.21. The Hall–Kier alpha value is -3.35. The lowest BCUT2D eigenvalue weighted by atomic mass is 10.1. The summed E-state index contributed by atoms with van der Waals surface area (Å²) in [5, 5.41) is 7.50. The van der Waals surface area contributed by atoms with E-state index < -0.39 is 11.7 Å². The van der Waals surface area contributed by atoms with Crippen molar-refractivity contribution >= 4 is 34.3 Å². The Kier molecular flexibility index (Phi) is 5.35. The maximum atomic E-state index is 12.6. The lowest BCUT2D eigenvalue weighted by molar-refractivity contribution is -0.117. The fourth-order valence-corrected chi connectivity index (χ4v) is 2.66. The van der Waals surface area contributed by atoms with E-state index in [0.717, 1.165) is 5.39 Å². The molecule has 0 aliphatic carbocycles. The molecule has 28 heavy (non-hydrogen) atoms. The number of para-hydroxylation sites is 1. The summed E-state index contributed by atoms with van der Waals surface area (Å²) >= 11 is 0. The molecular weight excluding hydrogens is 358 g/mol. The second kappa shape index (κ2) is 7.72. The molecule has 7 heteroatoms. The topological polar surface area (TPSA) is 84.7 Å². The van der Waals surface area contributed by atoms with E-state index >= 15 is 0 Å². The average molecular weight is 381 g/mol. The number of carbonyl (C=O) groups excluding carboxylic acids is 2. The Bertz CT molecular complexity index is 987. The largest absolute Gasteiger partial charge is 0.444 e. The number of carbonyl (C=O) groups is 2. The number of likely N-dealkylation sites (N-methyl/N-ethyl adjacent to an activating group) is 1. The third kappa shape index (κ3) is 4.68. The normalized spacial score (nSPS) is 11.3. The minimum atomic E-state index is -0.568. The second-order valence-corrected chi connectivity index (χ2v) is 7.43. The molecule has 3 aromatic rings. The van der Waals surface area contributed by atoms with E-state index in [9.17, 15) is 9.59 Å².